The molecule has 0 atom stereocenters. The predicted molar refractivity (Wildman–Crippen MR) is 77.6 cm³/mol. The van der Waals surface area contributed by atoms with E-state index in [1.54, 1.807) is 16.7 Å². The van der Waals surface area contributed by atoms with Crippen molar-refractivity contribution in [1.82, 2.24) is 19.6 Å². The third-order valence-corrected chi connectivity index (χ3v) is 3.80. The summed E-state index contributed by atoms with van der Waals surface area (Å²) in [6.07, 6.45) is 5.57. The quantitative estimate of drug-likeness (QED) is 0.725. The highest BCUT2D eigenvalue weighted by Gasteiger charge is 2.15. The van der Waals surface area contributed by atoms with Gasteiger partial charge in [-0.15, -0.1) is 10.2 Å². The Kier molecular flexibility index (Phi) is 2.80. The number of halogens is 1. The summed E-state index contributed by atoms with van der Waals surface area (Å²) in [5.74, 6) is 1.27. The molecular formula is C15H14FN5. The first-order valence-corrected chi connectivity index (χ1v) is 7.03. The molecular weight excluding hydrogens is 269 g/mol. The Morgan fingerprint density at radius 3 is 2.76 bits per heavy atom. The van der Waals surface area contributed by atoms with Gasteiger partial charge >= 0.3 is 0 Å². The molecule has 1 aliphatic rings. The minimum absolute atomic E-state index is 0.308. The normalized spacial score (nSPS) is 15.0. The molecule has 0 unspecified atom stereocenters. The van der Waals surface area contributed by atoms with Gasteiger partial charge in [-0.1, -0.05) is 0 Å². The molecule has 0 N–H and O–H groups in total. The van der Waals surface area contributed by atoms with Crippen molar-refractivity contribution in [3.63, 3.8) is 0 Å². The summed E-state index contributed by atoms with van der Waals surface area (Å²) in [5, 5.41) is 8.25. The van der Waals surface area contributed by atoms with Gasteiger partial charge in [0.15, 0.2) is 11.5 Å². The van der Waals surface area contributed by atoms with E-state index in [9.17, 15) is 4.39 Å². The van der Waals surface area contributed by atoms with Crippen molar-refractivity contribution in [2.75, 3.05) is 18.0 Å². The maximum Gasteiger partial charge on any atom is 0.168 e. The molecule has 21 heavy (non-hydrogen) atoms. The molecule has 4 heterocycles. The number of fused-ring (bicyclic) bond motifs is 1. The molecule has 0 saturated carbocycles. The Morgan fingerprint density at radius 1 is 1.05 bits per heavy atom. The zero-order valence-electron chi connectivity index (χ0n) is 11.4. The van der Waals surface area contributed by atoms with Crippen molar-refractivity contribution in [3.8, 4) is 11.4 Å². The van der Waals surface area contributed by atoms with Crippen molar-refractivity contribution < 1.29 is 4.39 Å². The van der Waals surface area contributed by atoms with Gasteiger partial charge in [-0.3, -0.25) is 4.40 Å². The van der Waals surface area contributed by atoms with E-state index >= 15 is 0 Å². The Bertz CT molecular complexity index is 792. The second kappa shape index (κ2) is 4.80. The van der Waals surface area contributed by atoms with Gasteiger partial charge in [-0.2, -0.15) is 0 Å². The van der Waals surface area contributed by atoms with E-state index in [2.05, 4.69) is 20.1 Å². The number of hydrogen-bond donors (Lipinski definition) is 0. The fourth-order valence-electron chi connectivity index (χ4n) is 2.74. The highest BCUT2D eigenvalue weighted by atomic mass is 19.1. The predicted octanol–water partition coefficient (Wildman–Crippen LogP) is 2.53. The summed E-state index contributed by atoms with van der Waals surface area (Å²) in [7, 11) is 0. The fraction of sp³-hybridized carbons (Fsp3) is 0.267. The highest BCUT2D eigenvalue weighted by Crippen LogP contribution is 2.24. The zero-order chi connectivity index (χ0) is 14.2. The summed E-state index contributed by atoms with van der Waals surface area (Å²) in [6, 6.07) is 6.87. The summed E-state index contributed by atoms with van der Waals surface area (Å²) in [4.78, 5) is 6.68. The number of nitrogens with zero attached hydrogens (tertiary/aromatic N) is 5. The van der Waals surface area contributed by atoms with Crippen LogP contribution < -0.4 is 4.90 Å². The van der Waals surface area contributed by atoms with Crippen LogP contribution in [0, 0.1) is 5.82 Å². The molecule has 0 aromatic carbocycles. The number of anilines is 1. The standard InChI is InChI=1S/C15H14FN5/c16-12-3-4-13-18-19-15(21(13)10-12)11-5-6-17-14(9-11)20-7-1-2-8-20/h3-6,9-10H,1-2,7-8H2. The molecule has 0 amide bonds. The minimum Gasteiger partial charge on any atom is -0.357 e. The topological polar surface area (TPSA) is 46.3 Å². The van der Waals surface area contributed by atoms with E-state index in [1.165, 1.54) is 25.1 Å². The van der Waals surface area contributed by atoms with Gasteiger partial charge in [0.2, 0.25) is 0 Å². The number of aromatic nitrogens is 4. The summed E-state index contributed by atoms with van der Waals surface area (Å²) in [5.41, 5.74) is 1.52. The lowest BCUT2D eigenvalue weighted by Gasteiger charge is -2.16. The van der Waals surface area contributed by atoms with Gasteiger partial charge in [0.1, 0.15) is 11.6 Å². The first-order chi connectivity index (χ1) is 10.3. The highest BCUT2D eigenvalue weighted by molar-refractivity contribution is 5.63. The van der Waals surface area contributed by atoms with Crippen LogP contribution in [0.5, 0.6) is 0 Å². The van der Waals surface area contributed by atoms with E-state index in [0.717, 1.165) is 24.5 Å². The Hall–Kier alpha value is -2.50. The molecule has 0 bridgehead atoms. The molecule has 106 valence electrons. The first kappa shape index (κ1) is 12.3. The Morgan fingerprint density at radius 2 is 1.90 bits per heavy atom. The van der Waals surface area contributed by atoms with Crippen LogP contribution >= 0.6 is 0 Å². The van der Waals surface area contributed by atoms with Crippen molar-refractivity contribution in [2.45, 2.75) is 12.8 Å². The van der Waals surface area contributed by atoms with Gasteiger partial charge in [-0.05, 0) is 37.1 Å². The summed E-state index contributed by atoms with van der Waals surface area (Å²) in [6.45, 7) is 2.07. The van der Waals surface area contributed by atoms with Crippen LogP contribution in [-0.2, 0) is 0 Å². The fourth-order valence-corrected chi connectivity index (χ4v) is 2.74. The number of hydrogen-bond acceptors (Lipinski definition) is 4. The van der Waals surface area contributed by atoms with Crippen LogP contribution in [-0.4, -0.2) is 32.7 Å². The van der Waals surface area contributed by atoms with Crippen LogP contribution in [0.1, 0.15) is 12.8 Å². The molecule has 1 aliphatic heterocycles. The third kappa shape index (κ3) is 2.12. The molecule has 0 aliphatic carbocycles. The monoisotopic (exact) mass is 283 g/mol. The summed E-state index contributed by atoms with van der Waals surface area (Å²) < 4.78 is 15.1. The maximum atomic E-state index is 13.4. The van der Waals surface area contributed by atoms with Crippen LogP contribution in [0.3, 0.4) is 0 Å². The SMILES string of the molecule is Fc1ccc2nnc(-c3ccnc(N4CCCC4)c3)n2c1. The largest absolute Gasteiger partial charge is 0.357 e. The van der Waals surface area contributed by atoms with E-state index < -0.39 is 0 Å². The van der Waals surface area contributed by atoms with Crippen molar-refractivity contribution in [3.05, 3.63) is 42.5 Å². The van der Waals surface area contributed by atoms with Gasteiger partial charge < -0.3 is 4.90 Å². The molecule has 5 nitrogen and oxygen atoms in total. The van der Waals surface area contributed by atoms with Crippen molar-refractivity contribution in [1.29, 1.82) is 0 Å². The average Bonchev–Trinajstić information content (AvgIpc) is 3.16. The van der Waals surface area contributed by atoms with Crippen LogP contribution in [0.15, 0.2) is 36.7 Å². The Labute approximate surface area is 121 Å². The van der Waals surface area contributed by atoms with Crippen molar-refractivity contribution in [2.24, 2.45) is 0 Å². The van der Waals surface area contributed by atoms with Crippen molar-refractivity contribution >= 4 is 11.5 Å². The van der Waals surface area contributed by atoms with Crippen LogP contribution in [0.2, 0.25) is 0 Å². The van der Waals surface area contributed by atoms with E-state index in [1.807, 2.05) is 12.1 Å². The summed E-state index contributed by atoms with van der Waals surface area (Å²) >= 11 is 0. The molecule has 0 spiro atoms. The number of rotatable bonds is 2. The van der Waals surface area contributed by atoms with Gasteiger partial charge in [0, 0.05) is 31.0 Å². The third-order valence-electron chi connectivity index (χ3n) is 3.80. The Balaban J connectivity index is 1.81. The molecule has 1 fully saturated rings. The van der Waals surface area contributed by atoms with Gasteiger partial charge in [0.25, 0.3) is 0 Å². The lowest BCUT2D eigenvalue weighted by molar-refractivity contribution is 0.619. The first-order valence-electron chi connectivity index (χ1n) is 7.03. The molecule has 3 aromatic rings. The smallest absolute Gasteiger partial charge is 0.168 e. The number of pyridine rings is 2. The maximum absolute atomic E-state index is 13.4. The lowest BCUT2D eigenvalue weighted by atomic mass is 10.2. The molecule has 6 heteroatoms. The van der Waals surface area contributed by atoms with E-state index in [4.69, 9.17) is 0 Å². The second-order valence-electron chi connectivity index (χ2n) is 5.20. The van der Waals surface area contributed by atoms with Crippen LogP contribution in [0.25, 0.3) is 17.0 Å². The minimum atomic E-state index is -0.308. The van der Waals surface area contributed by atoms with E-state index in [0.29, 0.717) is 11.5 Å². The van der Waals surface area contributed by atoms with Crippen LogP contribution in [0.4, 0.5) is 10.2 Å². The molecule has 4 rings (SSSR count). The average molecular weight is 283 g/mol. The zero-order valence-corrected chi connectivity index (χ0v) is 11.4. The molecule has 0 radical (unpaired) electrons. The van der Waals surface area contributed by atoms with Gasteiger partial charge in [-0.25, -0.2) is 9.37 Å². The second-order valence-corrected chi connectivity index (χ2v) is 5.20. The van der Waals surface area contributed by atoms with E-state index in [-0.39, 0.29) is 5.82 Å². The lowest BCUT2D eigenvalue weighted by Crippen LogP contribution is -2.18. The molecule has 1 saturated heterocycles. The molecule has 3 aromatic heterocycles. The van der Waals surface area contributed by atoms with Gasteiger partial charge in [0.05, 0.1) is 0 Å².